The summed E-state index contributed by atoms with van der Waals surface area (Å²) in [5, 5.41) is 0.399. The standard InChI is InChI=1S/C16H15ClF3IO3S/c1-10-8-11(2)15(12(3)9-10)21(14-6-4-13(17)5-7-14)24-25(22,23)16(18,19)20/h4-9H,1-3H3. The normalized spacial score (nSPS) is 13.0. The van der Waals surface area contributed by atoms with Crippen LogP contribution in [0.3, 0.4) is 0 Å². The molecule has 0 amide bonds. The summed E-state index contributed by atoms with van der Waals surface area (Å²) in [6, 6.07) is 9.63. The van der Waals surface area contributed by atoms with Crippen molar-refractivity contribution >= 4 is 42.0 Å². The van der Waals surface area contributed by atoms with Crippen molar-refractivity contribution in [2.75, 3.05) is 0 Å². The summed E-state index contributed by atoms with van der Waals surface area (Å²) in [5.41, 5.74) is -3.13. The molecule has 0 unspecified atom stereocenters. The van der Waals surface area contributed by atoms with Crippen molar-refractivity contribution in [3.63, 3.8) is 0 Å². The van der Waals surface area contributed by atoms with Gasteiger partial charge in [-0.25, -0.2) is 0 Å². The first-order valence-corrected chi connectivity index (χ1v) is 11.8. The SMILES string of the molecule is Cc1cc(C)c(I(OS(=O)(=O)C(F)(F)F)c2ccc(Cl)cc2)c(C)c1. The Labute approximate surface area is 157 Å². The van der Waals surface area contributed by atoms with Gasteiger partial charge in [-0.2, -0.15) is 0 Å². The molecule has 2 rings (SSSR count). The topological polar surface area (TPSA) is 43.4 Å². The summed E-state index contributed by atoms with van der Waals surface area (Å²) in [6.45, 7) is 5.33. The summed E-state index contributed by atoms with van der Waals surface area (Å²) in [5.74, 6) is 0. The predicted molar refractivity (Wildman–Crippen MR) is 99.6 cm³/mol. The molecule has 0 aliphatic heterocycles. The van der Waals surface area contributed by atoms with Crippen molar-refractivity contribution in [1.29, 1.82) is 0 Å². The van der Waals surface area contributed by atoms with E-state index in [9.17, 15) is 21.6 Å². The summed E-state index contributed by atoms with van der Waals surface area (Å²) in [7, 11) is -5.71. The number of alkyl halides is 3. The van der Waals surface area contributed by atoms with Gasteiger partial charge in [0.25, 0.3) is 0 Å². The third-order valence-corrected chi connectivity index (χ3v) is 11.3. The van der Waals surface area contributed by atoms with Crippen LogP contribution in [0.1, 0.15) is 16.7 Å². The summed E-state index contributed by atoms with van der Waals surface area (Å²) < 4.78 is 67.5. The van der Waals surface area contributed by atoms with Crippen LogP contribution in [0.2, 0.25) is 5.02 Å². The van der Waals surface area contributed by atoms with E-state index in [1.165, 1.54) is 24.3 Å². The Kier molecular flexibility index (Phi) is 6.07. The molecule has 2 aromatic rings. The molecule has 25 heavy (non-hydrogen) atoms. The van der Waals surface area contributed by atoms with Gasteiger partial charge in [-0.3, -0.25) is 0 Å². The first-order valence-electron chi connectivity index (χ1n) is 6.97. The molecule has 0 spiro atoms. The zero-order valence-corrected chi connectivity index (χ0v) is 17.2. The molecular formula is C16H15ClF3IO3S. The minimum absolute atomic E-state index is 0.399. The number of rotatable bonds is 4. The van der Waals surface area contributed by atoms with Gasteiger partial charge in [-0.05, 0) is 0 Å². The second-order valence-corrected chi connectivity index (χ2v) is 12.1. The monoisotopic (exact) mass is 506 g/mol. The Bertz CT molecular complexity index is 857. The van der Waals surface area contributed by atoms with E-state index < -0.39 is 35.9 Å². The summed E-state index contributed by atoms with van der Waals surface area (Å²) in [6.07, 6.45) is 0. The van der Waals surface area contributed by atoms with Crippen LogP contribution in [0.5, 0.6) is 0 Å². The summed E-state index contributed by atoms with van der Waals surface area (Å²) >= 11 is 2.45. The fourth-order valence-electron chi connectivity index (χ4n) is 2.27. The van der Waals surface area contributed by atoms with Gasteiger partial charge in [0.1, 0.15) is 0 Å². The molecule has 9 heteroatoms. The van der Waals surface area contributed by atoms with E-state index in [4.69, 9.17) is 14.1 Å². The van der Waals surface area contributed by atoms with E-state index in [0.717, 1.165) is 5.56 Å². The van der Waals surface area contributed by atoms with Crippen LogP contribution in [0.25, 0.3) is 0 Å². The molecule has 0 saturated heterocycles. The maximum absolute atomic E-state index is 12.8. The quantitative estimate of drug-likeness (QED) is 0.401. The van der Waals surface area contributed by atoms with Crippen LogP contribution < -0.4 is 0 Å². The second-order valence-electron chi connectivity index (χ2n) is 5.36. The van der Waals surface area contributed by atoms with Gasteiger partial charge in [0.15, 0.2) is 0 Å². The Balaban J connectivity index is 2.64. The van der Waals surface area contributed by atoms with Gasteiger partial charge in [-0.15, -0.1) is 0 Å². The molecule has 3 nitrogen and oxygen atoms in total. The first kappa shape index (κ1) is 20.5. The fourth-order valence-corrected chi connectivity index (χ4v) is 9.46. The number of halogens is 5. The maximum atomic E-state index is 12.8. The number of hydrogen-bond donors (Lipinski definition) is 0. The molecule has 0 aliphatic carbocycles. The van der Waals surface area contributed by atoms with Gasteiger partial charge in [0, 0.05) is 0 Å². The Morgan fingerprint density at radius 1 is 1.00 bits per heavy atom. The van der Waals surface area contributed by atoms with Crippen LogP contribution in [0, 0.1) is 27.9 Å². The number of aryl methyl sites for hydroxylation is 3. The van der Waals surface area contributed by atoms with Gasteiger partial charge in [0.05, 0.1) is 0 Å². The fraction of sp³-hybridized carbons (Fsp3) is 0.250. The second kappa shape index (κ2) is 7.42. The van der Waals surface area contributed by atoms with Crippen LogP contribution >= 0.6 is 31.8 Å². The molecular weight excluding hydrogens is 492 g/mol. The van der Waals surface area contributed by atoms with Crippen LogP contribution in [0.4, 0.5) is 13.2 Å². The Morgan fingerprint density at radius 3 is 1.92 bits per heavy atom. The predicted octanol–water partition coefficient (Wildman–Crippen LogP) is 5.59. The van der Waals surface area contributed by atoms with Crippen molar-refractivity contribution in [3.05, 3.63) is 65.3 Å². The molecule has 0 aromatic heterocycles. The van der Waals surface area contributed by atoms with Gasteiger partial charge in [0.2, 0.25) is 0 Å². The third-order valence-electron chi connectivity index (χ3n) is 3.18. The zero-order chi connectivity index (χ0) is 19.0. The van der Waals surface area contributed by atoms with E-state index in [-0.39, 0.29) is 0 Å². The molecule has 0 radical (unpaired) electrons. The molecule has 0 saturated carbocycles. The van der Waals surface area contributed by atoms with Crippen molar-refractivity contribution in [3.8, 4) is 0 Å². The Morgan fingerprint density at radius 2 is 1.48 bits per heavy atom. The van der Waals surface area contributed by atoms with Gasteiger partial charge < -0.3 is 0 Å². The van der Waals surface area contributed by atoms with E-state index in [2.05, 4.69) is 0 Å². The number of benzene rings is 2. The average Bonchev–Trinajstić information content (AvgIpc) is 2.44. The Hall–Kier alpha value is -0.840. The minimum atomic E-state index is -5.71. The van der Waals surface area contributed by atoms with E-state index >= 15 is 0 Å². The van der Waals surface area contributed by atoms with Gasteiger partial charge in [-0.1, -0.05) is 0 Å². The molecule has 0 heterocycles. The molecule has 0 atom stereocenters. The van der Waals surface area contributed by atoms with Crippen molar-refractivity contribution in [1.82, 2.24) is 0 Å². The van der Waals surface area contributed by atoms with Crippen LogP contribution in [-0.2, 0) is 12.6 Å². The molecule has 2 aromatic carbocycles. The first-order chi connectivity index (χ1) is 11.4. The molecule has 138 valence electrons. The van der Waals surface area contributed by atoms with Crippen LogP contribution in [-0.4, -0.2) is 13.9 Å². The molecule has 0 bridgehead atoms. The zero-order valence-electron chi connectivity index (χ0n) is 13.5. The van der Waals surface area contributed by atoms with Crippen molar-refractivity contribution < 1.29 is 24.1 Å². The number of hydrogen-bond acceptors (Lipinski definition) is 3. The van der Waals surface area contributed by atoms with Crippen molar-refractivity contribution in [2.45, 2.75) is 26.3 Å². The van der Waals surface area contributed by atoms with E-state index in [1.807, 2.05) is 6.92 Å². The van der Waals surface area contributed by atoms with Gasteiger partial charge >= 0.3 is 158 Å². The molecule has 0 N–H and O–H groups in total. The third kappa shape index (κ3) is 4.66. The van der Waals surface area contributed by atoms with E-state index in [0.29, 0.717) is 23.3 Å². The molecule has 0 aliphatic rings. The van der Waals surface area contributed by atoms with E-state index in [1.54, 1.807) is 26.0 Å². The average molecular weight is 507 g/mol. The molecule has 0 fully saturated rings. The van der Waals surface area contributed by atoms with Crippen LogP contribution in [0.15, 0.2) is 36.4 Å². The summed E-state index contributed by atoms with van der Waals surface area (Å²) in [4.78, 5) is 0. The van der Waals surface area contributed by atoms with Crippen molar-refractivity contribution in [2.24, 2.45) is 0 Å².